The molecule has 0 radical (unpaired) electrons. The number of rotatable bonds is 8. The molecule has 7 aromatic carbocycles. The number of allylic oxidation sites excluding steroid dienone is 5. The number of benzene rings is 7. The standard InChI is InChI=1S/C60H52BrN/c1-2-55-56(49-21-17-40-7-3-5-9-47(40)32-49)34-57(50-22-18-41-8-4-6-10-48(41)33-50)62-58(55)46-19-15-44(16-20-46)42-11-13-43(14-12-42)45-23-25-51(26-24-45)59-35-39-31-53(37-59)60(36-39,38-59)52-27-29-54(61)30-28-52/h3-13,15-30,32-34,39,43,53,55,58H,2,14,31,35-38H2,1H3. The predicted molar refractivity (Wildman–Crippen MR) is 264 cm³/mol. The molecule has 0 aromatic heterocycles. The number of hydrogen-bond donors (Lipinski definition) is 0. The predicted octanol–water partition coefficient (Wildman–Crippen LogP) is 15.9. The summed E-state index contributed by atoms with van der Waals surface area (Å²) in [4.78, 5) is 5.59. The number of fused-ring (bicyclic) bond motifs is 2. The average molecular weight is 867 g/mol. The van der Waals surface area contributed by atoms with Crippen molar-refractivity contribution >= 4 is 54.3 Å². The van der Waals surface area contributed by atoms with Crippen molar-refractivity contribution in [1.29, 1.82) is 0 Å². The summed E-state index contributed by atoms with van der Waals surface area (Å²) < 4.78 is 1.18. The summed E-state index contributed by atoms with van der Waals surface area (Å²) in [6, 6.07) is 59.7. The Morgan fingerprint density at radius 2 is 1.27 bits per heavy atom. The van der Waals surface area contributed by atoms with Crippen molar-refractivity contribution in [2.24, 2.45) is 22.7 Å². The molecule has 2 heteroatoms. The fourth-order valence-corrected chi connectivity index (χ4v) is 13.4. The molecule has 0 saturated heterocycles. The third-order valence-corrected chi connectivity index (χ3v) is 16.5. The Hall–Kier alpha value is -5.57. The van der Waals surface area contributed by atoms with Gasteiger partial charge < -0.3 is 0 Å². The van der Waals surface area contributed by atoms with Crippen LogP contribution in [0.4, 0.5) is 0 Å². The molecule has 1 heterocycles. The highest BCUT2D eigenvalue weighted by Gasteiger charge is 2.64. The van der Waals surface area contributed by atoms with Gasteiger partial charge in [-0.05, 0) is 164 Å². The van der Waals surface area contributed by atoms with Crippen LogP contribution in [0.5, 0.6) is 0 Å². The van der Waals surface area contributed by atoms with E-state index >= 15 is 0 Å². The van der Waals surface area contributed by atoms with Crippen LogP contribution in [0.15, 0.2) is 191 Å². The Labute approximate surface area is 375 Å². The molecule has 5 aliphatic carbocycles. The Morgan fingerprint density at radius 3 is 1.97 bits per heavy atom. The molecular formula is C60H52BrN. The van der Waals surface area contributed by atoms with E-state index in [1.807, 2.05) is 0 Å². The van der Waals surface area contributed by atoms with Crippen LogP contribution in [-0.2, 0) is 10.8 Å². The van der Waals surface area contributed by atoms with Crippen LogP contribution in [-0.4, -0.2) is 5.71 Å². The summed E-state index contributed by atoms with van der Waals surface area (Å²) in [6.07, 6.45) is 18.5. The molecule has 4 bridgehead atoms. The summed E-state index contributed by atoms with van der Waals surface area (Å²) in [7, 11) is 0. The fraction of sp³-hybridized carbons (Fsp3) is 0.250. The smallest absolute Gasteiger partial charge is 0.0825 e. The summed E-state index contributed by atoms with van der Waals surface area (Å²) in [5.74, 6) is 2.36. The first-order valence-corrected chi connectivity index (χ1v) is 23.9. The van der Waals surface area contributed by atoms with E-state index in [2.05, 4.69) is 205 Å². The normalized spacial score (nSPS) is 27.4. The van der Waals surface area contributed by atoms with E-state index in [1.54, 1.807) is 11.1 Å². The minimum Gasteiger partial charge on any atom is -0.276 e. The first-order chi connectivity index (χ1) is 30.4. The minimum absolute atomic E-state index is 0.0191. The van der Waals surface area contributed by atoms with Crippen molar-refractivity contribution in [1.82, 2.24) is 0 Å². The number of nitrogens with zero attached hydrogens (tertiary/aromatic N) is 1. The van der Waals surface area contributed by atoms with Gasteiger partial charge in [0.2, 0.25) is 0 Å². The van der Waals surface area contributed by atoms with Crippen LogP contribution in [0.25, 0.3) is 32.7 Å². The Balaban J connectivity index is 0.789. The zero-order chi connectivity index (χ0) is 41.4. The van der Waals surface area contributed by atoms with Gasteiger partial charge in [0, 0.05) is 21.9 Å². The van der Waals surface area contributed by atoms with Crippen molar-refractivity contribution < 1.29 is 0 Å². The first kappa shape index (κ1) is 38.1. The Kier molecular flexibility index (Phi) is 9.26. The number of aliphatic imine (C=N–C) groups is 1. The minimum atomic E-state index is 0.0191. The molecule has 1 aliphatic heterocycles. The van der Waals surface area contributed by atoms with Gasteiger partial charge in [-0.25, -0.2) is 0 Å². The molecule has 13 rings (SSSR count). The number of dihydropyridines is 1. The highest BCUT2D eigenvalue weighted by atomic mass is 79.9. The van der Waals surface area contributed by atoms with E-state index in [4.69, 9.17) is 4.99 Å². The van der Waals surface area contributed by atoms with Crippen LogP contribution < -0.4 is 0 Å². The Bertz CT molecular complexity index is 2980. The second-order valence-electron chi connectivity index (χ2n) is 19.3. The van der Waals surface area contributed by atoms with E-state index in [0.29, 0.717) is 16.7 Å². The molecule has 4 fully saturated rings. The molecule has 7 atom stereocenters. The van der Waals surface area contributed by atoms with Crippen molar-refractivity contribution in [3.63, 3.8) is 0 Å². The van der Waals surface area contributed by atoms with Crippen molar-refractivity contribution in [2.45, 2.75) is 74.7 Å². The van der Waals surface area contributed by atoms with Gasteiger partial charge in [0.1, 0.15) is 0 Å². The van der Waals surface area contributed by atoms with Crippen molar-refractivity contribution in [3.05, 3.63) is 225 Å². The summed E-state index contributed by atoms with van der Waals surface area (Å²) in [6.45, 7) is 2.32. The van der Waals surface area contributed by atoms with E-state index in [1.165, 1.54) is 97.1 Å². The van der Waals surface area contributed by atoms with Gasteiger partial charge >= 0.3 is 0 Å². The van der Waals surface area contributed by atoms with Gasteiger partial charge in [-0.2, -0.15) is 0 Å². The van der Waals surface area contributed by atoms with Crippen LogP contribution in [0.3, 0.4) is 0 Å². The quantitative estimate of drug-likeness (QED) is 0.144. The lowest BCUT2D eigenvalue weighted by Crippen LogP contribution is -2.35. The number of halogens is 1. The third-order valence-electron chi connectivity index (χ3n) is 16.0. The van der Waals surface area contributed by atoms with E-state index in [9.17, 15) is 0 Å². The van der Waals surface area contributed by atoms with Gasteiger partial charge in [0.15, 0.2) is 0 Å². The maximum absolute atomic E-state index is 5.59. The zero-order valence-corrected chi connectivity index (χ0v) is 37.1. The van der Waals surface area contributed by atoms with Gasteiger partial charge in [0.05, 0.1) is 11.8 Å². The molecule has 0 N–H and O–H groups in total. The lowest BCUT2D eigenvalue weighted by molar-refractivity contribution is 0.219. The largest absolute Gasteiger partial charge is 0.276 e. The second-order valence-corrected chi connectivity index (χ2v) is 20.2. The summed E-state index contributed by atoms with van der Waals surface area (Å²) >= 11 is 3.68. The van der Waals surface area contributed by atoms with Crippen LogP contribution in [0, 0.1) is 17.8 Å². The molecule has 7 unspecified atom stereocenters. The van der Waals surface area contributed by atoms with Crippen LogP contribution in [0.2, 0.25) is 0 Å². The number of hydrogen-bond acceptors (Lipinski definition) is 1. The zero-order valence-electron chi connectivity index (χ0n) is 35.5. The maximum atomic E-state index is 5.59. The van der Waals surface area contributed by atoms with E-state index < -0.39 is 0 Å². The second kappa shape index (κ2) is 15.1. The van der Waals surface area contributed by atoms with Crippen molar-refractivity contribution in [2.75, 3.05) is 0 Å². The molecule has 7 aromatic rings. The van der Waals surface area contributed by atoms with E-state index in [0.717, 1.165) is 30.4 Å². The maximum Gasteiger partial charge on any atom is 0.0825 e. The van der Waals surface area contributed by atoms with Crippen LogP contribution in [0.1, 0.15) is 103 Å². The molecule has 62 heavy (non-hydrogen) atoms. The molecular weight excluding hydrogens is 815 g/mol. The van der Waals surface area contributed by atoms with E-state index in [-0.39, 0.29) is 12.0 Å². The lowest BCUT2D eigenvalue weighted by Gasteiger charge is -2.42. The molecule has 6 aliphatic rings. The van der Waals surface area contributed by atoms with Crippen molar-refractivity contribution in [3.8, 4) is 0 Å². The summed E-state index contributed by atoms with van der Waals surface area (Å²) in [5, 5.41) is 5.05. The van der Waals surface area contributed by atoms with Gasteiger partial charge in [-0.15, -0.1) is 0 Å². The van der Waals surface area contributed by atoms with Gasteiger partial charge in [-0.1, -0.05) is 175 Å². The Morgan fingerprint density at radius 1 is 0.629 bits per heavy atom. The highest BCUT2D eigenvalue weighted by molar-refractivity contribution is 9.10. The molecule has 1 nitrogen and oxygen atoms in total. The highest BCUT2D eigenvalue weighted by Crippen LogP contribution is 2.71. The molecule has 304 valence electrons. The molecule has 4 saturated carbocycles. The average Bonchev–Trinajstić information content (AvgIpc) is 3.73. The SMILES string of the molecule is CCC1C(c2ccc3ccccc3c2)=CC(c2ccc3ccccc3c2)=NC1c1ccc(C2=CCC(c3ccc(C45CC6CC(C4)C(c4ccc(Br)cc4)(C6)C5)cc3)C=C2)cc1. The monoisotopic (exact) mass is 865 g/mol. The molecule has 0 spiro atoms. The third kappa shape index (κ3) is 6.43. The van der Waals surface area contributed by atoms with Crippen LogP contribution >= 0.6 is 15.9 Å². The van der Waals surface area contributed by atoms with Gasteiger partial charge in [0.25, 0.3) is 0 Å². The lowest BCUT2D eigenvalue weighted by atomic mass is 9.62. The molecule has 0 amide bonds. The van der Waals surface area contributed by atoms with Gasteiger partial charge in [-0.3, -0.25) is 4.99 Å². The first-order valence-electron chi connectivity index (χ1n) is 23.1. The summed E-state index contributed by atoms with van der Waals surface area (Å²) in [5.41, 5.74) is 14.1. The fourth-order valence-electron chi connectivity index (χ4n) is 13.1. The topological polar surface area (TPSA) is 12.4 Å².